The molecule has 0 spiro atoms. The first-order valence-electron chi connectivity index (χ1n) is 9.29. The molecule has 1 aromatic carbocycles. The van der Waals surface area contributed by atoms with E-state index in [1.807, 2.05) is 6.07 Å². The fraction of sp³-hybridized carbons (Fsp3) is 0.619. The zero-order chi connectivity index (χ0) is 16.2. The van der Waals surface area contributed by atoms with Crippen molar-refractivity contribution in [2.75, 3.05) is 0 Å². The highest BCUT2D eigenvalue weighted by Gasteiger charge is 2.35. The van der Waals surface area contributed by atoms with Crippen LogP contribution in [0.25, 0.3) is 0 Å². The molecular formula is C21H28ClF. The number of fused-ring (bicyclic) bond motifs is 1. The van der Waals surface area contributed by atoms with Gasteiger partial charge in [0.1, 0.15) is 5.82 Å². The number of hydrogen-bond donors (Lipinski definition) is 0. The van der Waals surface area contributed by atoms with Gasteiger partial charge < -0.3 is 0 Å². The first-order chi connectivity index (χ1) is 11.2. The van der Waals surface area contributed by atoms with Crippen molar-refractivity contribution in [1.82, 2.24) is 0 Å². The SMILES string of the molecule is CCCC=CC1CCC2CC(c3ccc(Cl)c(F)c3)CCC2C1. The molecule has 0 N–H and O–H groups in total. The highest BCUT2D eigenvalue weighted by molar-refractivity contribution is 6.30. The minimum Gasteiger partial charge on any atom is -0.205 e. The van der Waals surface area contributed by atoms with Gasteiger partial charge in [-0.15, -0.1) is 0 Å². The molecule has 0 aromatic heterocycles. The maximum atomic E-state index is 13.7. The summed E-state index contributed by atoms with van der Waals surface area (Å²) in [6, 6.07) is 5.40. The van der Waals surface area contributed by atoms with Gasteiger partial charge >= 0.3 is 0 Å². The Bertz CT molecular complexity index is 551. The second kappa shape index (κ2) is 7.83. The van der Waals surface area contributed by atoms with Crippen molar-refractivity contribution in [2.45, 2.75) is 64.2 Å². The Kier molecular flexibility index (Phi) is 5.80. The Balaban J connectivity index is 1.59. The van der Waals surface area contributed by atoms with E-state index in [4.69, 9.17) is 11.6 Å². The van der Waals surface area contributed by atoms with Gasteiger partial charge in [0.2, 0.25) is 0 Å². The summed E-state index contributed by atoms with van der Waals surface area (Å²) in [4.78, 5) is 0. The van der Waals surface area contributed by atoms with Crippen molar-refractivity contribution in [3.8, 4) is 0 Å². The van der Waals surface area contributed by atoms with Crippen LogP contribution in [0.15, 0.2) is 30.4 Å². The molecule has 0 heterocycles. The molecule has 2 saturated carbocycles. The molecule has 0 amide bonds. The molecule has 3 rings (SSSR count). The summed E-state index contributed by atoms with van der Waals surface area (Å²) in [6.07, 6.45) is 15.1. The predicted octanol–water partition coefficient (Wildman–Crippen LogP) is 7.14. The fourth-order valence-electron chi connectivity index (χ4n) is 4.62. The van der Waals surface area contributed by atoms with Gasteiger partial charge in [0.25, 0.3) is 0 Å². The van der Waals surface area contributed by atoms with Crippen molar-refractivity contribution < 1.29 is 4.39 Å². The second-order valence-electron chi connectivity index (χ2n) is 7.49. The third-order valence-corrected chi connectivity index (χ3v) is 6.24. The monoisotopic (exact) mass is 334 g/mol. The van der Waals surface area contributed by atoms with E-state index < -0.39 is 0 Å². The van der Waals surface area contributed by atoms with Gasteiger partial charge in [-0.2, -0.15) is 0 Å². The first kappa shape index (κ1) is 17.0. The van der Waals surface area contributed by atoms with Crippen LogP contribution in [-0.4, -0.2) is 0 Å². The van der Waals surface area contributed by atoms with Crippen molar-refractivity contribution in [1.29, 1.82) is 0 Å². The fourth-order valence-corrected chi connectivity index (χ4v) is 4.74. The van der Waals surface area contributed by atoms with Crippen molar-refractivity contribution in [2.24, 2.45) is 17.8 Å². The minimum absolute atomic E-state index is 0.238. The largest absolute Gasteiger partial charge is 0.205 e. The highest BCUT2D eigenvalue weighted by atomic mass is 35.5. The Labute approximate surface area is 145 Å². The van der Waals surface area contributed by atoms with Crippen molar-refractivity contribution >= 4 is 11.6 Å². The molecule has 4 unspecified atom stereocenters. The van der Waals surface area contributed by atoms with E-state index in [1.165, 1.54) is 51.4 Å². The summed E-state index contributed by atoms with van der Waals surface area (Å²) < 4.78 is 13.7. The van der Waals surface area contributed by atoms with Crippen LogP contribution < -0.4 is 0 Å². The summed E-state index contributed by atoms with van der Waals surface area (Å²) in [5.41, 5.74) is 1.15. The van der Waals surface area contributed by atoms with E-state index >= 15 is 0 Å². The van der Waals surface area contributed by atoms with Crippen LogP contribution >= 0.6 is 11.6 Å². The smallest absolute Gasteiger partial charge is 0.142 e. The Morgan fingerprint density at radius 1 is 1.13 bits per heavy atom. The van der Waals surface area contributed by atoms with Crippen LogP contribution in [0.1, 0.15) is 69.8 Å². The Hall–Kier alpha value is -0.820. The number of benzene rings is 1. The molecule has 2 aliphatic carbocycles. The normalized spacial score (nSPS) is 31.3. The number of rotatable bonds is 4. The number of allylic oxidation sites excluding steroid dienone is 2. The lowest BCUT2D eigenvalue weighted by Crippen LogP contribution is -2.30. The molecule has 0 radical (unpaired) electrons. The average molecular weight is 335 g/mol. The summed E-state index contributed by atoms with van der Waals surface area (Å²) in [5, 5.41) is 0.238. The standard InChI is InChI=1S/C21H28ClF/c1-2-3-4-5-15-6-7-17-13-18(9-8-16(17)12-15)19-10-11-20(22)21(23)14-19/h4-5,10-11,14-18H,2-3,6-9,12-13H2,1H3. The van der Waals surface area contributed by atoms with Crippen LogP contribution in [0, 0.1) is 23.6 Å². The van der Waals surface area contributed by atoms with E-state index in [0.29, 0.717) is 5.92 Å². The maximum Gasteiger partial charge on any atom is 0.142 e. The Morgan fingerprint density at radius 3 is 2.70 bits per heavy atom. The van der Waals surface area contributed by atoms with E-state index in [0.717, 1.165) is 23.3 Å². The first-order valence-corrected chi connectivity index (χ1v) is 9.66. The summed E-state index contributed by atoms with van der Waals surface area (Å²) >= 11 is 5.82. The molecule has 1 aromatic rings. The zero-order valence-corrected chi connectivity index (χ0v) is 14.9. The van der Waals surface area contributed by atoms with Gasteiger partial charge in [0, 0.05) is 0 Å². The molecule has 0 nitrogen and oxygen atoms in total. The quantitative estimate of drug-likeness (QED) is 0.513. The molecule has 0 saturated heterocycles. The van der Waals surface area contributed by atoms with Crippen LogP contribution in [0.4, 0.5) is 4.39 Å². The molecule has 23 heavy (non-hydrogen) atoms. The number of unbranched alkanes of at least 4 members (excludes halogenated alkanes) is 1. The third-order valence-electron chi connectivity index (χ3n) is 5.93. The van der Waals surface area contributed by atoms with E-state index in [2.05, 4.69) is 19.1 Å². The molecule has 0 aliphatic heterocycles. The lowest BCUT2D eigenvalue weighted by molar-refractivity contribution is 0.133. The van der Waals surface area contributed by atoms with Gasteiger partial charge in [-0.1, -0.05) is 43.2 Å². The molecule has 2 aliphatic rings. The molecule has 2 fully saturated rings. The lowest BCUT2D eigenvalue weighted by Gasteiger charge is -2.41. The molecule has 4 atom stereocenters. The van der Waals surface area contributed by atoms with Gasteiger partial charge in [-0.25, -0.2) is 4.39 Å². The van der Waals surface area contributed by atoms with Crippen LogP contribution in [-0.2, 0) is 0 Å². The number of halogens is 2. The Morgan fingerprint density at radius 2 is 1.91 bits per heavy atom. The van der Waals surface area contributed by atoms with Gasteiger partial charge in [-0.05, 0) is 86.3 Å². The van der Waals surface area contributed by atoms with Crippen LogP contribution in [0.2, 0.25) is 5.02 Å². The van der Waals surface area contributed by atoms with E-state index in [9.17, 15) is 4.39 Å². The zero-order valence-electron chi connectivity index (χ0n) is 14.1. The molecular weight excluding hydrogens is 307 g/mol. The minimum atomic E-state index is -0.268. The van der Waals surface area contributed by atoms with E-state index in [-0.39, 0.29) is 10.8 Å². The highest BCUT2D eigenvalue weighted by Crippen LogP contribution is 2.48. The second-order valence-corrected chi connectivity index (χ2v) is 7.90. The molecule has 2 heteroatoms. The van der Waals surface area contributed by atoms with Crippen LogP contribution in [0.3, 0.4) is 0 Å². The molecule has 0 bridgehead atoms. The predicted molar refractivity (Wildman–Crippen MR) is 96.4 cm³/mol. The topological polar surface area (TPSA) is 0 Å². The van der Waals surface area contributed by atoms with Crippen LogP contribution in [0.5, 0.6) is 0 Å². The van der Waals surface area contributed by atoms with Gasteiger partial charge in [0.05, 0.1) is 5.02 Å². The maximum absolute atomic E-state index is 13.7. The lowest BCUT2D eigenvalue weighted by atomic mass is 9.64. The summed E-state index contributed by atoms with van der Waals surface area (Å²) in [6.45, 7) is 2.24. The van der Waals surface area contributed by atoms with Crippen molar-refractivity contribution in [3.05, 3.63) is 46.8 Å². The number of hydrogen-bond acceptors (Lipinski definition) is 0. The van der Waals surface area contributed by atoms with Gasteiger partial charge in [0.15, 0.2) is 0 Å². The van der Waals surface area contributed by atoms with Gasteiger partial charge in [-0.3, -0.25) is 0 Å². The van der Waals surface area contributed by atoms with Crippen molar-refractivity contribution in [3.63, 3.8) is 0 Å². The average Bonchev–Trinajstić information content (AvgIpc) is 2.57. The summed E-state index contributed by atoms with van der Waals surface area (Å²) in [7, 11) is 0. The molecule has 126 valence electrons. The van der Waals surface area contributed by atoms with E-state index in [1.54, 1.807) is 12.1 Å². The third kappa shape index (κ3) is 4.18. The summed E-state index contributed by atoms with van der Waals surface area (Å²) in [5.74, 6) is 2.77.